The van der Waals surface area contributed by atoms with Gasteiger partial charge >= 0.3 is 0 Å². The van der Waals surface area contributed by atoms with Crippen molar-refractivity contribution in [3.05, 3.63) is 72.3 Å². The predicted octanol–water partition coefficient (Wildman–Crippen LogP) is 4.83. The summed E-state index contributed by atoms with van der Waals surface area (Å²) in [5, 5.41) is 2.15. The molecular weight excluding hydrogens is 248 g/mol. The molecule has 20 heavy (non-hydrogen) atoms. The SMILES string of the molecule is CC(=O)c1ccccc1Oc1cccc2ccccc12. The van der Waals surface area contributed by atoms with Crippen LogP contribution in [0.4, 0.5) is 0 Å². The van der Waals surface area contributed by atoms with Crippen molar-refractivity contribution in [2.75, 3.05) is 0 Å². The molecule has 0 saturated heterocycles. The van der Waals surface area contributed by atoms with Crippen LogP contribution >= 0.6 is 0 Å². The fourth-order valence-electron chi connectivity index (χ4n) is 2.25. The van der Waals surface area contributed by atoms with Crippen molar-refractivity contribution in [3.63, 3.8) is 0 Å². The van der Waals surface area contributed by atoms with Gasteiger partial charge in [0.25, 0.3) is 0 Å². The Labute approximate surface area is 117 Å². The minimum atomic E-state index is 0.000775. The minimum Gasteiger partial charge on any atom is -0.456 e. The van der Waals surface area contributed by atoms with Gasteiger partial charge in [-0.3, -0.25) is 4.79 Å². The highest BCUT2D eigenvalue weighted by atomic mass is 16.5. The number of rotatable bonds is 3. The van der Waals surface area contributed by atoms with E-state index in [1.165, 1.54) is 0 Å². The Kier molecular flexibility index (Phi) is 3.21. The van der Waals surface area contributed by atoms with E-state index in [-0.39, 0.29) is 5.78 Å². The summed E-state index contributed by atoms with van der Waals surface area (Å²) < 4.78 is 5.96. The fourth-order valence-corrected chi connectivity index (χ4v) is 2.25. The van der Waals surface area contributed by atoms with Gasteiger partial charge in [-0.2, -0.15) is 0 Å². The van der Waals surface area contributed by atoms with E-state index in [2.05, 4.69) is 0 Å². The molecule has 0 N–H and O–H groups in total. The molecule has 0 aliphatic heterocycles. The summed E-state index contributed by atoms with van der Waals surface area (Å²) in [6.07, 6.45) is 0. The molecule has 2 nitrogen and oxygen atoms in total. The van der Waals surface area contributed by atoms with Gasteiger partial charge in [0.1, 0.15) is 11.5 Å². The second-order valence-corrected chi connectivity index (χ2v) is 4.63. The molecule has 2 heteroatoms. The molecule has 0 radical (unpaired) electrons. The number of ketones is 1. The number of ether oxygens (including phenoxy) is 1. The molecule has 0 unspecified atom stereocenters. The Hall–Kier alpha value is -2.61. The number of hydrogen-bond donors (Lipinski definition) is 0. The first-order valence-corrected chi connectivity index (χ1v) is 6.51. The van der Waals surface area contributed by atoms with Crippen LogP contribution in [-0.4, -0.2) is 5.78 Å². The molecule has 0 bridgehead atoms. The van der Waals surface area contributed by atoms with Crippen LogP contribution in [0.15, 0.2) is 66.7 Å². The lowest BCUT2D eigenvalue weighted by Gasteiger charge is -2.11. The second kappa shape index (κ2) is 5.17. The third-order valence-electron chi connectivity index (χ3n) is 3.24. The van der Waals surface area contributed by atoms with E-state index in [0.29, 0.717) is 11.3 Å². The van der Waals surface area contributed by atoms with Crippen molar-refractivity contribution in [1.82, 2.24) is 0 Å². The van der Waals surface area contributed by atoms with Crippen molar-refractivity contribution in [3.8, 4) is 11.5 Å². The molecule has 0 heterocycles. The van der Waals surface area contributed by atoms with E-state index in [9.17, 15) is 4.79 Å². The van der Waals surface area contributed by atoms with Crippen molar-refractivity contribution < 1.29 is 9.53 Å². The van der Waals surface area contributed by atoms with Gasteiger partial charge in [0.2, 0.25) is 0 Å². The van der Waals surface area contributed by atoms with E-state index < -0.39 is 0 Å². The highest BCUT2D eigenvalue weighted by Gasteiger charge is 2.09. The van der Waals surface area contributed by atoms with E-state index in [1.807, 2.05) is 60.7 Å². The standard InChI is InChI=1S/C18H14O2/c1-13(19)15-9-4-5-11-17(15)20-18-12-6-8-14-7-2-3-10-16(14)18/h2-12H,1H3. The molecule has 0 aliphatic carbocycles. The summed E-state index contributed by atoms with van der Waals surface area (Å²) in [7, 11) is 0. The Morgan fingerprint density at radius 3 is 2.30 bits per heavy atom. The Balaban J connectivity index is 2.08. The molecule has 0 amide bonds. The van der Waals surface area contributed by atoms with Gasteiger partial charge in [-0.05, 0) is 30.5 Å². The third-order valence-corrected chi connectivity index (χ3v) is 3.24. The largest absolute Gasteiger partial charge is 0.456 e. The van der Waals surface area contributed by atoms with Crippen molar-refractivity contribution in [2.24, 2.45) is 0 Å². The first kappa shape index (κ1) is 12.4. The average molecular weight is 262 g/mol. The molecule has 3 aromatic rings. The number of benzene rings is 3. The lowest BCUT2D eigenvalue weighted by molar-refractivity contribution is 0.101. The molecular formula is C18H14O2. The van der Waals surface area contributed by atoms with Crippen molar-refractivity contribution in [1.29, 1.82) is 0 Å². The van der Waals surface area contributed by atoms with Gasteiger partial charge in [-0.25, -0.2) is 0 Å². The number of Topliss-reactive ketones (excluding diaryl/α,β-unsaturated/α-hetero) is 1. The molecule has 0 fully saturated rings. The van der Waals surface area contributed by atoms with Crippen LogP contribution in [0.25, 0.3) is 10.8 Å². The minimum absolute atomic E-state index is 0.000775. The molecule has 3 aromatic carbocycles. The molecule has 0 spiro atoms. The number of para-hydroxylation sites is 1. The van der Waals surface area contributed by atoms with E-state index in [4.69, 9.17) is 4.74 Å². The smallest absolute Gasteiger partial charge is 0.163 e. The lowest BCUT2D eigenvalue weighted by atomic mass is 10.1. The van der Waals surface area contributed by atoms with Gasteiger partial charge in [0.05, 0.1) is 5.56 Å². The first-order valence-electron chi connectivity index (χ1n) is 6.51. The second-order valence-electron chi connectivity index (χ2n) is 4.63. The molecule has 0 aliphatic rings. The topological polar surface area (TPSA) is 26.3 Å². The Morgan fingerprint density at radius 2 is 1.45 bits per heavy atom. The third kappa shape index (κ3) is 2.28. The quantitative estimate of drug-likeness (QED) is 0.632. The summed E-state index contributed by atoms with van der Waals surface area (Å²) in [6.45, 7) is 1.55. The summed E-state index contributed by atoms with van der Waals surface area (Å²) in [5.41, 5.74) is 0.598. The van der Waals surface area contributed by atoms with Gasteiger partial charge in [0.15, 0.2) is 5.78 Å². The number of carbonyl (C=O) groups excluding carboxylic acids is 1. The van der Waals surface area contributed by atoms with Crippen LogP contribution in [0.5, 0.6) is 11.5 Å². The van der Waals surface area contributed by atoms with Crippen LogP contribution in [0.2, 0.25) is 0 Å². The fraction of sp³-hybridized carbons (Fsp3) is 0.0556. The van der Waals surface area contributed by atoms with Crippen molar-refractivity contribution in [2.45, 2.75) is 6.92 Å². The summed E-state index contributed by atoms with van der Waals surface area (Å²) in [4.78, 5) is 11.6. The zero-order valence-corrected chi connectivity index (χ0v) is 11.2. The highest BCUT2D eigenvalue weighted by Crippen LogP contribution is 2.31. The molecule has 0 atom stereocenters. The summed E-state index contributed by atoms with van der Waals surface area (Å²) >= 11 is 0. The summed E-state index contributed by atoms with van der Waals surface area (Å²) in [6, 6.07) is 21.2. The molecule has 0 saturated carbocycles. The maximum atomic E-state index is 11.6. The van der Waals surface area contributed by atoms with Crippen molar-refractivity contribution >= 4 is 16.6 Å². The van der Waals surface area contributed by atoms with Gasteiger partial charge in [-0.1, -0.05) is 48.5 Å². The summed E-state index contributed by atoms with van der Waals surface area (Å²) in [5.74, 6) is 1.36. The maximum Gasteiger partial charge on any atom is 0.163 e. The van der Waals surface area contributed by atoms with E-state index in [1.54, 1.807) is 13.0 Å². The normalized spacial score (nSPS) is 10.4. The van der Waals surface area contributed by atoms with Gasteiger partial charge < -0.3 is 4.74 Å². The number of carbonyl (C=O) groups is 1. The predicted molar refractivity (Wildman–Crippen MR) is 80.5 cm³/mol. The maximum absolute atomic E-state index is 11.6. The van der Waals surface area contributed by atoms with E-state index >= 15 is 0 Å². The van der Waals surface area contributed by atoms with Crippen LogP contribution in [0, 0.1) is 0 Å². The molecule has 3 rings (SSSR count). The van der Waals surface area contributed by atoms with Crippen LogP contribution in [0.1, 0.15) is 17.3 Å². The zero-order valence-electron chi connectivity index (χ0n) is 11.2. The lowest BCUT2D eigenvalue weighted by Crippen LogP contribution is -1.96. The van der Waals surface area contributed by atoms with Crippen LogP contribution in [0.3, 0.4) is 0 Å². The van der Waals surface area contributed by atoms with Crippen LogP contribution in [-0.2, 0) is 0 Å². The zero-order chi connectivity index (χ0) is 13.9. The number of fused-ring (bicyclic) bond motifs is 1. The van der Waals surface area contributed by atoms with E-state index in [0.717, 1.165) is 16.5 Å². The molecule has 98 valence electrons. The average Bonchev–Trinajstić information content (AvgIpc) is 2.48. The molecule has 0 aromatic heterocycles. The first-order chi connectivity index (χ1) is 9.75. The van der Waals surface area contributed by atoms with Gasteiger partial charge in [-0.15, -0.1) is 0 Å². The number of hydrogen-bond acceptors (Lipinski definition) is 2. The monoisotopic (exact) mass is 262 g/mol. The van der Waals surface area contributed by atoms with Crippen LogP contribution < -0.4 is 4.74 Å². The Bertz CT molecular complexity index is 770. The van der Waals surface area contributed by atoms with Gasteiger partial charge in [0, 0.05) is 5.39 Å². The Morgan fingerprint density at radius 1 is 0.800 bits per heavy atom. The highest BCUT2D eigenvalue weighted by molar-refractivity contribution is 5.97.